The minimum Gasteiger partial charge on any atom is -0.480 e. The van der Waals surface area contributed by atoms with Crippen molar-refractivity contribution in [2.75, 3.05) is 6.61 Å². The molecule has 0 aliphatic heterocycles. The largest absolute Gasteiger partial charge is 0.480 e. The van der Waals surface area contributed by atoms with Crippen LogP contribution in [0.25, 0.3) is 39.2 Å². The molecule has 45 heavy (non-hydrogen) atoms. The first kappa shape index (κ1) is 28.1. The number of carbonyl (C=O) groups excluding carboxylic acids is 1. The van der Waals surface area contributed by atoms with E-state index < -0.39 is 18.1 Å². The van der Waals surface area contributed by atoms with Gasteiger partial charge in [-0.25, -0.2) is 14.6 Å². The Hall–Kier alpha value is -5.69. The van der Waals surface area contributed by atoms with Crippen LogP contribution in [-0.2, 0) is 16.0 Å². The van der Waals surface area contributed by atoms with Crippen LogP contribution in [0.4, 0.5) is 4.79 Å². The van der Waals surface area contributed by atoms with E-state index in [-0.39, 0.29) is 18.9 Å². The second kappa shape index (κ2) is 11.8. The van der Waals surface area contributed by atoms with Gasteiger partial charge >= 0.3 is 12.1 Å². The minimum absolute atomic E-state index is 0.0138. The highest BCUT2D eigenvalue weighted by molar-refractivity contribution is 5.82. The molecule has 6 aromatic rings. The van der Waals surface area contributed by atoms with Crippen LogP contribution < -0.4 is 5.32 Å². The van der Waals surface area contributed by atoms with E-state index in [1.807, 2.05) is 109 Å². The van der Waals surface area contributed by atoms with Crippen molar-refractivity contribution in [2.24, 2.45) is 0 Å². The van der Waals surface area contributed by atoms with E-state index in [4.69, 9.17) is 9.72 Å². The van der Waals surface area contributed by atoms with Gasteiger partial charge in [-0.3, -0.25) is 0 Å². The molecule has 7 rings (SSSR count). The SMILES string of the molecule is Cc1ccc2nc(-c3ccc(-c4ccccc4)cc3)c(CC(NC(=O)OCC3c4ccccc4-c4ccccc43)C(=O)O)n2c1. The summed E-state index contributed by atoms with van der Waals surface area (Å²) in [5, 5.41) is 12.8. The molecule has 0 bridgehead atoms. The molecule has 0 saturated heterocycles. The van der Waals surface area contributed by atoms with Gasteiger partial charge in [0.15, 0.2) is 0 Å². The smallest absolute Gasteiger partial charge is 0.407 e. The number of hydrogen-bond acceptors (Lipinski definition) is 4. The average Bonchev–Trinajstić information content (AvgIpc) is 3.59. The molecule has 1 unspecified atom stereocenters. The Kier molecular flexibility index (Phi) is 7.35. The Labute approximate surface area is 260 Å². The molecule has 7 heteroatoms. The van der Waals surface area contributed by atoms with E-state index in [1.54, 1.807) is 0 Å². The number of benzene rings is 4. The molecule has 1 aliphatic carbocycles. The number of carbonyl (C=O) groups is 2. The molecule has 2 heterocycles. The fourth-order valence-electron chi connectivity index (χ4n) is 6.25. The van der Waals surface area contributed by atoms with Crippen molar-refractivity contribution in [2.45, 2.75) is 25.3 Å². The summed E-state index contributed by atoms with van der Waals surface area (Å²) >= 11 is 0. The number of alkyl carbamates (subject to hydrolysis) is 1. The number of aromatic nitrogens is 2. The maximum absolute atomic E-state index is 13.1. The zero-order valence-electron chi connectivity index (χ0n) is 24.7. The topological polar surface area (TPSA) is 92.9 Å². The van der Waals surface area contributed by atoms with Crippen molar-refractivity contribution >= 4 is 17.7 Å². The second-order valence-corrected chi connectivity index (χ2v) is 11.3. The lowest BCUT2D eigenvalue weighted by Crippen LogP contribution is -2.43. The molecule has 1 aliphatic rings. The van der Waals surface area contributed by atoms with Gasteiger partial charge < -0.3 is 19.6 Å². The maximum atomic E-state index is 13.1. The van der Waals surface area contributed by atoms with Crippen molar-refractivity contribution in [1.82, 2.24) is 14.7 Å². The summed E-state index contributed by atoms with van der Waals surface area (Å²) in [5.41, 5.74) is 10.5. The Bertz CT molecular complexity index is 1990. The predicted octanol–water partition coefficient (Wildman–Crippen LogP) is 7.51. The number of amides is 1. The van der Waals surface area contributed by atoms with Crippen molar-refractivity contribution < 1.29 is 19.4 Å². The van der Waals surface area contributed by atoms with Gasteiger partial charge in [0.2, 0.25) is 0 Å². The second-order valence-electron chi connectivity index (χ2n) is 11.3. The molecule has 222 valence electrons. The van der Waals surface area contributed by atoms with Gasteiger partial charge in [-0.05, 0) is 51.9 Å². The summed E-state index contributed by atoms with van der Waals surface area (Å²) in [5.74, 6) is -1.28. The van der Waals surface area contributed by atoms with Crippen LogP contribution in [0.5, 0.6) is 0 Å². The summed E-state index contributed by atoms with van der Waals surface area (Å²) < 4.78 is 7.59. The number of nitrogens with one attached hydrogen (secondary N) is 1. The molecule has 4 aromatic carbocycles. The van der Waals surface area contributed by atoms with E-state index in [9.17, 15) is 14.7 Å². The maximum Gasteiger partial charge on any atom is 0.407 e. The summed E-state index contributed by atoms with van der Waals surface area (Å²) in [6, 6.07) is 37.0. The number of carboxylic acid groups (broad SMARTS) is 1. The highest BCUT2D eigenvalue weighted by atomic mass is 16.5. The molecule has 0 spiro atoms. The minimum atomic E-state index is -1.23. The third-order valence-electron chi connectivity index (χ3n) is 8.46. The lowest BCUT2D eigenvalue weighted by Gasteiger charge is -2.18. The monoisotopic (exact) mass is 593 g/mol. The number of ether oxygens (including phenoxy) is 1. The Morgan fingerprint density at radius 2 is 1.40 bits per heavy atom. The van der Waals surface area contributed by atoms with Crippen molar-refractivity contribution in [3.63, 3.8) is 0 Å². The normalized spacial score (nSPS) is 12.8. The van der Waals surface area contributed by atoms with E-state index in [0.717, 1.165) is 44.5 Å². The molecule has 1 amide bonds. The number of pyridine rings is 1. The predicted molar refractivity (Wildman–Crippen MR) is 174 cm³/mol. The first-order chi connectivity index (χ1) is 22.0. The van der Waals surface area contributed by atoms with Crippen LogP contribution in [-0.4, -0.2) is 39.2 Å². The van der Waals surface area contributed by atoms with Gasteiger partial charge in [0, 0.05) is 24.1 Å². The number of hydrogen-bond donors (Lipinski definition) is 2. The fraction of sp³-hybridized carbons (Fsp3) is 0.132. The highest BCUT2D eigenvalue weighted by Gasteiger charge is 2.30. The number of fused-ring (bicyclic) bond motifs is 4. The zero-order chi connectivity index (χ0) is 30.9. The third-order valence-corrected chi connectivity index (χ3v) is 8.46. The Balaban J connectivity index is 1.13. The van der Waals surface area contributed by atoms with Gasteiger partial charge in [-0.1, -0.05) is 109 Å². The fourth-order valence-corrected chi connectivity index (χ4v) is 6.25. The van der Waals surface area contributed by atoms with E-state index in [1.165, 1.54) is 0 Å². The lowest BCUT2D eigenvalue weighted by atomic mass is 9.98. The summed E-state index contributed by atoms with van der Waals surface area (Å²) in [7, 11) is 0. The number of rotatable bonds is 8. The van der Waals surface area contributed by atoms with Gasteiger partial charge in [0.1, 0.15) is 18.3 Å². The van der Waals surface area contributed by atoms with Crippen molar-refractivity contribution in [1.29, 1.82) is 0 Å². The molecular formula is C38H31N3O4. The molecule has 0 saturated carbocycles. The third kappa shape index (κ3) is 5.45. The number of imidazole rings is 1. The summed E-state index contributed by atoms with van der Waals surface area (Å²) in [4.78, 5) is 30.5. The first-order valence-corrected chi connectivity index (χ1v) is 14.9. The van der Waals surface area contributed by atoms with Crippen molar-refractivity contribution in [3.8, 4) is 33.5 Å². The van der Waals surface area contributed by atoms with Crippen LogP contribution in [0.15, 0.2) is 121 Å². The molecular weight excluding hydrogens is 562 g/mol. The molecule has 2 aromatic heterocycles. The van der Waals surface area contributed by atoms with Gasteiger partial charge in [-0.2, -0.15) is 0 Å². The summed E-state index contributed by atoms with van der Waals surface area (Å²) in [6.45, 7) is 2.07. The van der Waals surface area contributed by atoms with Crippen LogP contribution in [0.3, 0.4) is 0 Å². The van der Waals surface area contributed by atoms with Crippen LogP contribution in [0.1, 0.15) is 28.3 Å². The number of nitrogens with zero attached hydrogens (tertiary/aromatic N) is 2. The first-order valence-electron chi connectivity index (χ1n) is 14.9. The van der Waals surface area contributed by atoms with Gasteiger partial charge in [0.05, 0.1) is 11.4 Å². The molecule has 2 N–H and O–H groups in total. The van der Waals surface area contributed by atoms with Crippen molar-refractivity contribution in [3.05, 3.63) is 144 Å². The Morgan fingerprint density at radius 3 is 2.07 bits per heavy atom. The molecule has 1 atom stereocenters. The van der Waals surface area contributed by atoms with E-state index in [2.05, 4.69) is 29.6 Å². The number of aryl methyl sites for hydroxylation is 1. The van der Waals surface area contributed by atoms with Crippen LogP contribution in [0, 0.1) is 6.92 Å². The van der Waals surface area contributed by atoms with E-state index >= 15 is 0 Å². The van der Waals surface area contributed by atoms with Crippen LogP contribution in [0.2, 0.25) is 0 Å². The zero-order valence-corrected chi connectivity index (χ0v) is 24.7. The lowest BCUT2D eigenvalue weighted by molar-refractivity contribution is -0.139. The average molecular weight is 594 g/mol. The number of carboxylic acids is 1. The quantitative estimate of drug-likeness (QED) is 0.191. The summed E-state index contributed by atoms with van der Waals surface area (Å²) in [6.07, 6.45) is 1.18. The number of aliphatic carboxylic acids is 1. The molecule has 7 nitrogen and oxygen atoms in total. The highest BCUT2D eigenvalue weighted by Crippen LogP contribution is 2.44. The van der Waals surface area contributed by atoms with Gasteiger partial charge in [-0.15, -0.1) is 0 Å². The molecule has 0 radical (unpaired) electrons. The molecule has 0 fully saturated rings. The van der Waals surface area contributed by atoms with Gasteiger partial charge in [0.25, 0.3) is 0 Å². The standard InChI is InChI=1S/C38H31N3O4/c1-24-15-20-35-40-36(27-18-16-26(17-19-27)25-9-3-2-4-10-25)34(41(35)22-24)21-33(37(42)43)39-38(44)45-23-32-30-13-7-5-11-28(30)29-12-6-8-14-31(29)32/h2-20,22,32-33H,21,23H2,1H3,(H,39,44)(H,42,43). The van der Waals surface area contributed by atoms with E-state index in [0.29, 0.717) is 17.0 Å². The Morgan fingerprint density at radius 1 is 0.800 bits per heavy atom. The van der Waals surface area contributed by atoms with Crippen LogP contribution >= 0.6 is 0 Å².